The van der Waals surface area contributed by atoms with Crippen LogP contribution in [-0.4, -0.2) is 59.7 Å². The third-order valence-electron chi connectivity index (χ3n) is 7.19. The number of aromatic amines is 1. The van der Waals surface area contributed by atoms with Crippen LogP contribution >= 0.6 is 0 Å². The number of nitrogens with zero attached hydrogens (tertiary/aromatic N) is 7. The van der Waals surface area contributed by atoms with Crippen molar-refractivity contribution in [3.05, 3.63) is 72.6 Å². The highest BCUT2D eigenvalue weighted by atomic mass is 16.5. The topological polar surface area (TPSA) is 105 Å². The Labute approximate surface area is 220 Å². The summed E-state index contributed by atoms with van der Waals surface area (Å²) in [6.45, 7) is 4.02. The number of fused-ring (bicyclic) bond motifs is 2. The number of imidazole rings is 1. The van der Waals surface area contributed by atoms with Crippen LogP contribution in [0.4, 0.5) is 5.82 Å². The molecule has 10 heteroatoms. The Morgan fingerprint density at radius 1 is 1.11 bits per heavy atom. The Bertz CT molecular complexity index is 1590. The van der Waals surface area contributed by atoms with Crippen molar-refractivity contribution in [2.24, 2.45) is 7.05 Å². The molecule has 1 aliphatic rings. The number of hydrogen-bond donors (Lipinski definition) is 1. The molecule has 1 N–H and O–H groups in total. The maximum atomic E-state index is 12.5. The lowest BCUT2D eigenvalue weighted by Crippen LogP contribution is -2.35. The zero-order valence-corrected chi connectivity index (χ0v) is 21.5. The van der Waals surface area contributed by atoms with Crippen molar-refractivity contribution in [3.63, 3.8) is 0 Å². The molecule has 1 atom stereocenters. The summed E-state index contributed by atoms with van der Waals surface area (Å²) in [5, 5.41) is 6.56. The van der Waals surface area contributed by atoms with E-state index in [0.29, 0.717) is 25.3 Å². The monoisotopic (exact) mass is 510 g/mol. The van der Waals surface area contributed by atoms with Gasteiger partial charge in [-0.2, -0.15) is 5.10 Å². The standard InChI is InChI=1S/C28H30N8O2/c1-19(37)35(15-21-11-13-34(2)33-21)14-20-9-10-25(24-8-4-3-7-23(20)24)38-16-22-6-5-12-36(22)28-26-27(30-17-29-26)31-18-32-28/h3-4,7-11,13,17-18,22H,5-6,12,14-16H2,1-2H3,(H,29,30,31,32)/t22-/m1/s1. The number of aromatic nitrogens is 6. The number of hydrogen-bond acceptors (Lipinski definition) is 7. The van der Waals surface area contributed by atoms with Crippen LogP contribution < -0.4 is 9.64 Å². The first-order chi connectivity index (χ1) is 18.6. The number of rotatable bonds is 8. The van der Waals surface area contributed by atoms with Crippen LogP contribution in [0.1, 0.15) is 31.0 Å². The van der Waals surface area contributed by atoms with Gasteiger partial charge >= 0.3 is 0 Å². The molecule has 0 saturated carbocycles. The van der Waals surface area contributed by atoms with Gasteiger partial charge in [0.25, 0.3) is 0 Å². The highest BCUT2D eigenvalue weighted by Crippen LogP contribution is 2.32. The van der Waals surface area contributed by atoms with Crippen molar-refractivity contribution < 1.29 is 9.53 Å². The summed E-state index contributed by atoms with van der Waals surface area (Å²) >= 11 is 0. The van der Waals surface area contributed by atoms with E-state index < -0.39 is 0 Å². The van der Waals surface area contributed by atoms with Crippen molar-refractivity contribution in [1.29, 1.82) is 0 Å². The van der Waals surface area contributed by atoms with E-state index in [4.69, 9.17) is 4.74 Å². The molecule has 1 aliphatic heterocycles. The first kappa shape index (κ1) is 23.9. The molecule has 10 nitrogen and oxygen atoms in total. The molecule has 0 unspecified atom stereocenters. The summed E-state index contributed by atoms with van der Waals surface area (Å²) in [7, 11) is 1.88. The highest BCUT2D eigenvalue weighted by molar-refractivity contribution is 5.91. The quantitative estimate of drug-likeness (QED) is 0.338. The van der Waals surface area contributed by atoms with Gasteiger partial charge in [-0.1, -0.05) is 30.3 Å². The number of anilines is 1. The minimum atomic E-state index is 0.0116. The van der Waals surface area contributed by atoms with Gasteiger partial charge in [-0.15, -0.1) is 0 Å². The number of carbonyl (C=O) groups excluding carboxylic acids is 1. The summed E-state index contributed by atoms with van der Waals surface area (Å²) < 4.78 is 8.20. The van der Waals surface area contributed by atoms with Gasteiger partial charge in [-0.05, 0) is 35.9 Å². The third-order valence-corrected chi connectivity index (χ3v) is 7.19. The van der Waals surface area contributed by atoms with Crippen molar-refractivity contribution in [2.45, 2.75) is 38.9 Å². The van der Waals surface area contributed by atoms with Crippen molar-refractivity contribution >= 4 is 33.7 Å². The maximum Gasteiger partial charge on any atom is 0.220 e. The molecule has 0 aliphatic carbocycles. The van der Waals surface area contributed by atoms with E-state index in [-0.39, 0.29) is 11.9 Å². The van der Waals surface area contributed by atoms with Crippen LogP contribution in [0, 0.1) is 0 Å². The van der Waals surface area contributed by atoms with E-state index >= 15 is 0 Å². The molecule has 3 aromatic heterocycles. The number of ether oxygens (including phenoxy) is 1. The molecule has 1 amide bonds. The fourth-order valence-corrected chi connectivity index (χ4v) is 5.27. The Morgan fingerprint density at radius 2 is 1.97 bits per heavy atom. The average Bonchev–Trinajstić information content (AvgIpc) is 3.68. The van der Waals surface area contributed by atoms with Gasteiger partial charge in [-0.25, -0.2) is 15.0 Å². The molecule has 0 bridgehead atoms. The summed E-state index contributed by atoms with van der Waals surface area (Å²) in [6.07, 6.45) is 7.21. The number of nitrogens with one attached hydrogen (secondary N) is 1. The lowest BCUT2D eigenvalue weighted by atomic mass is 10.0. The smallest absolute Gasteiger partial charge is 0.220 e. The van der Waals surface area contributed by atoms with Gasteiger partial charge in [0.1, 0.15) is 24.2 Å². The van der Waals surface area contributed by atoms with Crippen LogP contribution in [0.2, 0.25) is 0 Å². The van der Waals surface area contributed by atoms with E-state index in [1.807, 2.05) is 42.4 Å². The highest BCUT2D eigenvalue weighted by Gasteiger charge is 2.28. The fourth-order valence-electron chi connectivity index (χ4n) is 5.27. The molecular weight excluding hydrogens is 480 g/mol. The first-order valence-corrected chi connectivity index (χ1v) is 12.8. The minimum Gasteiger partial charge on any atom is -0.491 e. The number of benzene rings is 2. The zero-order valence-electron chi connectivity index (χ0n) is 21.5. The van der Waals surface area contributed by atoms with E-state index in [0.717, 1.165) is 58.5 Å². The van der Waals surface area contributed by atoms with E-state index in [9.17, 15) is 4.79 Å². The second-order valence-corrected chi connectivity index (χ2v) is 9.72. The number of amides is 1. The molecule has 38 heavy (non-hydrogen) atoms. The van der Waals surface area contributed by atoms with Gasteiger partial charge < -0.3 is 19.5 Å². The predicted molar refractivity (Wildman–Crippen MR) is 145 cm³/mol. The Balaban J connectivity index is 1.22. The Kier molecular flexibility index (Phi) is 6.36. The molecule has 0 spiro atoms. The normalized spacial score (nSPS) is 15.4. The lowest BCUT2D eigenvalue weighted by molar-refractivity contribution is -0.130. The molecule has 1 fully saturated rings. The molecule has 0 radical (unpaired) electrons. The number of H-pyrrole nitrogens is 1. The summed E-state index contributed by atoms with van der Waals surface area (Å²) in [6, 6.07) is 14.4. The molecule has 5 aromatic rings. The van der Waals surface area contributed by atoms with Crippen LogP contribution in [0.3, 0.4) is 0 Å². The zero-order chi connectivity index (χ0) is 26.1. The number of carbonyl (C=O) groups is 1. The van der Waals surface area contributed by atoms with Crippen LogP contribution in [0.15, 0.2) is 61.3 Å². The minimum absolute atomic E-state index is 0.0116. The summed E-state index contributed by atoms with van der Waals surface area (Å²) in [5.41, 5.74) is 3.47. The second-order valence-electron chi connectivity index (χ2n) is 9.72. The molecule has 1 saturated heterocycles. The van der Waals surface area contributed by atoms with Gasteiger partial charge in [-0.3, -0.25) is 9.48 Å². The second kappa shape index (κ2) is 10.1. The van der Waals surface area contributed by atoms with Gasteiger partial charge in [0.05, 0.1) is 24.6 Å². The molecule has 2 aromatic carbocycles. The summed E-state index contributed by atoms with van der Waals surface area (Å²) in [4.78, 5) is 32.8. The van der Waals surface area contributed by atoms with Crippen LogP contribution in [0.5, 0.6) is 5.75 Å². The molecular formula is C28H30N8O2. The molecule has 6 rings (SSSR count). The van der Waals surface area contributed by atoms with Gasteiger partial charge in [0.15, 0.2) is 11.5 Å². The van der Waals surface area contributed by atoms with E-state index in [2.05, 4.69) is 48.1 Å². The summed E-state index contributed by atoms with van der Waals surface area (Å²) in [5.74, 6) is 1.72. The first-order valence-electron chi connectivity index (χ1n) is 12.8. The van der Waals surface area contributed by atoms with Crippen LogP contribution in [0.25, 0.3) is 21.9 Å². The van der Waals surface area contributed by atoms with Crippen molar-refractivity contribution in [3.8, 4) is 5.75 Å². The van der Waals surface area contributed by atoms with Crippen molar-refractivity contribution in [2.75, 3.05) is 18.1 Å². The van der Waals surface area contributed by atoms with Crippen LogP contribution in [-0.2, 0) is 24.9 Å². The van der Waals surface area contributed by atoms with Crippen molar-refractivity contribution in [1.82, 2.24) is 34.6 Å². The van der Waals surface area contributed by atoms with Gasteiger partial charge in [0.2, 0.25) is 5.91 Å². The third kappa shape index (κ3) is 4.65. The van der Waals surface area contributed by atoms with E-state index in [1.54, 1.807) is 24.3 Å². The Hall–Kier alpha value is -4.47. The van der Waals surface area contributed by atoms with Gasteiger partial charge in [0, 0.05) is 38.6 Å². The SMILES string of the molecule is CC(=O)N(Cc1ccn(C)n1)Cc1ccc(OC[C@H]2CCCN2c2ncnc3nc[nH]c23)c2ccccc12. The fraction of sp³-hybridized carbons (Fsp3) is 0.321. The predicted octanol–water partition coefficient (Wildman–Crippen LogP) is 3.84. The molecule has 4 heterocycles. The van der Waals surface area contributed by atoms with E-state index in [1.165, 1.54) is 0 Å². The lowest BCUT2D eigenvalue weighted by Gasteiger charge is -2.26. The average molecular weight is 511 g/mol. The maximum absolute atomic E-state index is 12.5. The Morgan fingerprint density at radius 3 is 2.79 bits per heavy atom. The molecule has 194 valence electrons. The number of aryl methyl sites for hydroxylation is 1. The largest absolute Gasteiger partial charge is 0.491 e.